The Balaban J connectivity index is 2.27. The number of anilines is 1. The van der Waals surface area contributed by atoms with Crippen molar-refractivity contribution in [3.63, 3.8) is 0 Å². The molecule has 0 radical (unpaired) electrons. The molecular weight excluding hydrogens is 275 g/mol. The van der Waals surface area contributed by atoms with Crippen LogP contribution in [0.1, 0.15) is 12.7 Å². The number of hydrogen-bond donors (Lipinski definition) is 0. The van der Waals surface area contributed by atoms with Crippen molar-refractivity contribution in [3.05, 3.63) is 18.0 Å². The first-order chi connectivity index (χ1) is 9.43. The van der Waals surface area contributed by atoms with E-state index in [0.29, 0.717) is 30.1 Å². The Morgan fingerprint density at radius 3 is 2.70 bits per heavy atom. The van der Waals surface area contributed by atoms with E-state index < -0.39 is 12.0 Å². The molecule has 0 unspecified atom stereocenters. The van der Waals surface area contributed by atoms with Crippen LogP contribution < -0.4 is 4.90 Å². The van der Waals surface area contributed by atoms with Crippen LogP contribution in [0.5, 0.6) is 0 Å². The van der Waals surface area contributed by atoms with Gasteiger partial charge in [0.25, 0.3) is 5.82 Å². The Kier molecular flexibility index (Phi) is 4.07. The zero-order chi connectivity index (χ0) is 14.8. The van der Waals surface area contributed by atoms with E-state index >= 15 is 0 Å². The highest BCUT2D eigenvalue weighted by Crippen LogP contribution is 2.27. The van der Waals surface area contributed by atoms with Gasteiger partial charge in [0, 0.05) is 20.2 Å². The second kappa shape index (κ2) is 5.61. The minimum Gasteiger partial charge on any atom is -0.380 e. The molecule has 9 heteroatoms. The summed E-state index contributed by atoms with van der Waals surface area (Å²) in [6.07, 6.45) is -4.59. The molecule has 0 bridgehead atoms. The summed E-state index contributed by atoms with van der Waals surface area (Å²) in [5.41, 5.74) is 0.0549. The van der Waals surface area contributed by atoms with Crippen LogP contribution in [0.4, 0.5) is 19.0 Å². The van der Waals surface area contributed by atoms with Gasteiger partial charge >= 0.3 is 6.18 Å². The smallest absolute Gasteiger partial charge is 0.380 e. The van der Waals surface area contributed by atoms with Gasteiger partial charge in [-0.2, -0.15) is 17.7 Å². The lowest BCUT2D eigenvalue weighted by molar-refractivity contribution is -0.146. The Morgan fingerprint density at radius 2 is 2.05 bits per heavy atom. The number of alkyl halides is 3. The van der Waals surface area contributed by atoms with E-state index in [9.17, 15) is 13.2 Å². The molecule has 0 aliphatic rings. The van der Waals surface area contributed by atoms with Crippen LogP contribution in [-0.4, -0.2) is 46.6 Å². The third kappa shape index (κ3) is 2.98. The number of halogens is 3. The summed E-state index contributed by atoms with van der Waals surface area (Å²) in [4.78, 5) is 1.70. The van der Waals surface area contributed by atoms with Gasteiger partial charge in [0.05, 0.1) is 6.61 Å². The molecule has 0 aliphatic carbocycles. The number of hydrogen-bond acceptors (Lipinski definition) is 5. The average Bonchev–Trinajstić information content (AvgIpc) is 2.81. The molecule has 0 amide bonds. The summed E-state index contributed by atoms with van der Waals surface area (Å²) in [5, 5.41) is 10.5. The van der Waals surface area contributed by atoms with E-state index in [-0.39, 0.29) is 5.65 Å². The van der Waals surface area contributed by atoms with Crippen molar-refractivity contribution in [2.45, 2.75) is 13.1 Å². The minimum absolute atomic E-state index is 0.0549. The van der Waals surface area contributed by atoms with Gasteiger partial charge in [-0.1, -0.05) is 0 Å². The van der Waals surface area contributed by atoms with Crippen LogP contribution in [0.25, 0.3) is 5.65 Å². The van der Waals surface area contributed by atoms with E-state index in [0.717, 1.165) is 0 Å². The summed E-state index contributed by atoms with van der Waals surface area (Å²) in [6, 6.07) is 3.04. The Labute approximate surface area is 113 Å². The molecule has 0 atom stereocenters. The fourth-order valence-electron chi connectivity index (χ4n) is 1.62. The molecule has 6 nitrogen and oxygen atoms in total. The molecule has 0 spiro atoms. The number of aromatic nitrogens is 4. The molecule has 2 heterocycles. The Hall–Kier alpha value is -1.90. The number of ether oxygens (including phenoxy) is 1. The van der Waals surface area contributed by atoms with Crippen LogP contribution in [0.3, 0.4) is 0 Å². The van der Waals surface area contributed by atoms with Crippen LogP contribution in [0.2, 0.25) is 0 Å². The van der Waals surface area contributed by atoms with Crippen LogP contribution in [0.15, 0.2) is 12.1 Å². The summed E-state index contributed by atoms with van der Waals surface area (Å²) in [7, 11) is 1.73. The van der Waals surface area contributed by atoms with Gasteiger partial charge in [-0.3, -0.25) is 0 Å². The molecule has 20 heavy (non-hydrogen) atoms. The molecular formula is C11H14F3N5O. The maximum absolute atomic E-state index is 12.7. The normalized spacial score (nSPS) is 12.1. The first-order valence-electron chi connectivity index (χ1n) is 6.02. The molecule has 0 saturated heterocycles. The molecule has 0 saturated carbocycles. The fraction of sp³-hybridized carbons (Fsp3) is 0.545. The molecule has 0 aliphatic heterocycles. The number of rotatable bonds is 5. The van der Waals surface area contributed by atoms with Crippen LogP contribution in [0, 0.1) is 0 Å². The topological polar surface area (TPSA) is 55.5 Å². The van der Waals surface area contributed by atoms with Gasteiger partial charge in [-0.05, 0) is 19.1 Å². The third-order valence-electron chi connectivity index (χ3n) is 2.67. The van der Waals surface area contributed by atoms with Crippen molar-refractivity contribution >= 4 is 11.5 Å². The predicted molar refractivity (Wildman–Crippen MR) is 65.5 cm³/mol. The van der Waals surface area contributed by atoms with Crippen molar-refractivity contribution in [1.82, 2.24) is 19.8 Å². The number of fused-ring (bicyclic) bond motifs is 1. The van der Waals surface area contributed by atoms with Crippen LogP contribution >= 0.6 is 0 Å². The largest absolute Gasteiger partial charge is 0.453 e. The third-order valence-corrected chi connectivity index (χ3v) is 2.67. The SMILES string of the molecule is CCOCCN(C)c1ccc2nnc(C(F)(F)F)n2n1. The van der Waals surface area contributed by atoms with Crippen molar-refractivity contribution in [3.8, 4) is 0 Å². The Bertz CT molecular complexity index is 583. The van der Waals surface area contributed by atoms with Gasteiger partial charge < -0.3 is 9.64 Å². The van der Waals surface area contributed by atoms with E-state index in [1.165, 1.54) is 6.07 Å². The Morgan fingerprint density at radius 1 is 1.30 bits per heavy atom. The summed E-state index contributed by atoms with van der Waals surface area (Å²) in [5.74, 6) is -0.741. The van der Waals surface area contributed by atoms with Gasteiger partial charge in [0.1, 0.15) is 5.82 Å². The lowest BCUT2D eigenvalue weighted by Gasteiger charge is -2.17. The van der Waals surface area contributed by atoms with Crippen molar-refractivity contribution in [2.75, 3.05) is 31.7 Å². The quantitative estimate of drug-likeness (QED) is 0.783. The molecule has 2 aromatic rings. The fourth-order valence-corrected chi connectivity index (χ4v) is 1.62. The summed E-state index contributed by atoms with van der Waals surface area (Å²) >= 11 is 0. The van der Waals surface area contributed by atoms with E-state index in [1.54, 1.807) is 18.0 Å². The first-order valence-corrected chi connectivity index (χ1v) is 6.02. The van der Waals surface area contributed by atoms with E-state index in [2.05, 4.69) is 15.3 Å². The number of likely N-dealkylation sites (N-methyl/N-ethyl adjacent to an activating group) is 1. The zero-order valence-corrected chi connectivity index (χ0v) is 11.1. The van der Waals surface area contributed by atoms with Gasteiger partial charge in [0.2, 0.25) is 0 Å². The van der Waals surface area contributed by atoms with Crippen LogP contribution in [-0.2, 0) is 10.9 Å². The maximum atomic E-state index is 12.7. The second-order valence-corrected chi connectivity index (χ2v) is 4.10. The molecule has 0 fully saturated rings. The highest BCUT2D eigenvalue weighted by atomic mass is 19.4. The monoisotopic (exact) mass is 289 g/mol. The minimum atomic E-state index is -4.59. The van der Waals surface area contributed by atoms with Gasteiger partial charge in [-0.15, -0.1) is 15.3 Å². The van der Waals surface area contributed by atoms with Crippen molar-refractivity contribution < 1.29 is 17.9 Å². The lowest BCUT2D eigenvalue weighted by atomic mass is 10.4. The standard InChI is InChI=1S/C11H14F3N5O/c1-3-20-7-6-18(2)9-5-4-8-15-16-10(11(12,13)14)19(8)17-9/h4-5H,3,6-7H2,1-2H3. The molecule has 0 aromatic carbocycles. The van der Waals surface area contributed by atoms with E-state index in [1.807, 2.05) is 6.92 Å². The molecule has 0 N–H and O–H groups in total. The molecule has 2 rings (SSSR count). The molecule has 110 valence electrons. The summed E-state index contributed by atoms with van der Waals surface area (Å²) in [6.45, 7) is 3.46. The highest BCUT2D eigenvalue weighted by Gasteiger charge is 2.37. The predicted octanol–water partition coefficient (Wildman–Crippen LogP) is 1.62. The number of nitrogens with zero attached hydrogens (tertiary/aromatic N) is 5. The maximum Gasteiger partial charge on any atom is 0.453 e. The second-order valence-electron chi connectivity index (χ2n) is 4.10. The molecule has 2 aromatic heterocycles. The average molecular weight is 289 g/mol. The van der Waals surface area contributed by atoms with E-state index in [4.69, 9.17) is 4.74 Å². The highest BCUT2D eigenvalue weighted by molar-refractivity contribution is 5.45. The zero-order valence-electron chi connectivity index (χ0n) is 11.1. The first kappa shape index (κ1) is 14.5. The van der Waals surface area contributed by atoms with Gasteiger partial charge in [0.15, 0.2) is 5.65 Å². The summed E-state index contributed by atoms with van der Waals surface area (Å²) < 4.78 is 44.1. The van der Waals surface area contributed by atoms with Crippen molar-refractivity contribution in [1.29, 1.82) is 0 Å². The van der Waals surface area contributed by atoms with Gasteiger partial charge in [-0.25, -0.2) is 0 Å². The lowest BCUT2D eigenvalue weighted by Crippen LogP contribution is -2.24. The van der Waals surface area contributed by atoms with Crippen molar-refractivity contribution in [2.24, 2.45) is 0 Å².